The van der Waals surface area contributed by atoms with Crippen LogP contribution in [-0.2, 0) is 11.3 Å². The van der Waals surface area contributed by atoms with Gasteiger partial charge in [0.1, 0.15) is 0 Å². The molecule has 3 rings (SSSR count). The predicted molar refractivity (Wildman–Crippen MR) is 91.8 cm³/mol. The molecule has 1 amide bonds. The second kappa shape index (κ2) is 6.23. The number of hydrogen-bond acceptors (Lipinski definition) is 4. The molecule has 0 radical (unpaired) electrons. The van der Waals surface area contributed by atoms with Crippen molar-refractivity contribution in [1.82, 2.24) is 15.5 Å². The molecule has 2 aromatic rings. The van der Waals surface area contributed by atoms with Crippen molar-refractivity contribution < 1.29 is 9.32 Å². The molecule has 126 valence electrons. The molecule has 1 aliphatic carbocycles. The van der Waals surface area contributed by atoms with Gasteiger partial charge in [-0.15, -0.1) is 0 Å². The Kier molecular flexibility index (Phi) is 4.26. The third-order valence-electron chi connectivity index (χ3n) is 4.62. The molecule has 1 heterocycles. The maximum absolute atomic E-state index is 12.4. The van der Waals surface area contributed by atoms with Crippen molar-refractivity contribution in [3.8, 4) is 11.4 Å². The average Bonchev–Trinajstić information content (AvgIpc) is 2.90. The van der Waals surface area contributed by atoms with Gasteiger partial charge in [-0.25, -0.2) is 0 Å². The third kappa shape index (κ3) is 3.25. The van der Waals surface area contributed by atoms with E-state index in [0.717, 1.165) is 5.56 Å². The van der Waals surface area contributed by atoms with Crippen LogP contribution < -0.4 is 5.32 Å². The maximum Gasteiger partial charge on any atom is 0.246 e. The molecular formula is C19H23N3O2. The number of allylic oxidation sites excluding steroid dienone is 2. The highest BCUT2D eigenvalue weighted by Gasteiger charge is 2.60. The van der Waals surface area contributed by atoms with Crippen LogP contribution in [0.4, 0.5) is 0 Å². The number of carbonyl (C=O) groups excluding carboxylic acids is 1. The van der Waals surface area contributed by atoms with Gasteiger partial charge in [-0.05, 0) is 25.2 Å². The van der Waals surface area contributed by atoms with Crippen molar-refractivity contribution in [2.45, 2.75) is 34.2 Å². The van der Waals surface area contributed by atoms with E-state index in [1.807, 2.05) is 30.3 Å². The van der Waals surface area contributed by atoms with Crippen LogP contribution in [0.15, 0.2) is 46.5 Å². The molecule has 1 aromatic carbocycles. The van der Waals surface area contributed by atoms with Gasteiger partial charge in [-0.2, -0.15) is 4.98 Å². The molecule has 0 spiro atoms. The first-order valence-corrected chi connectivity index (χ1v) is 8.20. The van der Waals surface area contributed by atoms with E-state index in [1.54, 1.807) is 0 Å². The number of carbonyl (C=O) groups is 1. The summed E-state index contributed by atoms with van der Waals surface area (Å²) in [5.74, 6) is 1.30. The van der Waals surface area contributed by atoms with Crippen molar-refractivity contribution in [2.75, 3.05) is 0 Å². The number of hydrogen-bond donors (Lipinski definition) is 1. The fourth-order valence-electron chi connectivity index (χ4n) is 3.15. The summed E-state index contributed by atoms with van der Waals surface area (Å²) in [6.45, 7) is 8.63. The monoisotopic (exact) mass is 325 g/mol. The molecular weight excluding hydrogens is 302 g/mol. The summed E-state index contributed by atoms with van der Waals surface area (Å²) >= 11 is 0. The highest BCUT2D eigenvalue weighted by molar-refractivity contribution is 5.83. The van der Waals surface area contributed by atoms with E-state index in [4.69, 9.17) is 4.52 Å². The van der Waals surface area contributed by atoms with Gasteiger partial charge in [0, 0.05) is 5.56 Å². The molecule has 1 aliphatic rings. The first-order valence-electron chi connectivity index (χ1n) is 8.20. The predicted octanol–water partition coefficient (Wildman–Crippen LogP) is 3.59. The van der Waals surface area contributed by atoms with Gasteiger partial charge < -0.3 is 9.84 Å². The summed E-state index contributed by atoms with van der Waals surface area (Å²) in [5, 5.41) is 6.88. The SMILES string of the molecule is CC(C)=C[C@H]1[C@H](C(=O)NCc2nc(-c3ccccc3)no2)C1(C)C. The number of benzene rings is 1. The zero-order valence-corrected chi connectivity index (χ0v) is 14.5. The standard InChI is InChI=1S/C19H23N3O2/c1-12(2)10-14-16(19(14,3)4)18(23)20-11-15-21-17(22-24-15)13-8-6-5-7-9-13/h5-10,14,16H,11H2,1-4H3,(H,20,23)/t14-,16+/m0/s1. The first-order chi connectivity index (χ1) is 11.4. The quantitative estimate of drug-likeness (QED) is 0.853. The molecule has 1 aromatic heterocycles. The van der Waals surface area contributed by atoms with Crippen LogP contribution in [0.1, 0.15) is 33.6 Å². The second-order valence-corrected chi connectivity index (χ2v) is 7.16. The first kappa shape index (κ1) is 16.4. The third-order valence-corrected chi connectivity index (χ3v) is 4.62. The molecule has 1 N–H and O–H groups in total. The molecule has 1 saturated carbocycles. The van der Waals surface area contributed by atoms with Gasteiger partial charge in [-0.1, -0.05) is 61.0 Å². The van der Waals surface area contributed by atoms with Crippen molar-refractivity contribution in [3.63, 3.8) is 0 Å². The van der Waals surface area contributed by atoms with Crippen molar-refractivity contribution >= 4 is 5.91 Å². The molecule has 0 aliphatic heterocycles. The Labute approximate surface area is 142 Å². The zero-order valence-electron chi connectivity index (χ0n) is 14.5. The Hall–Kier alpha value is -2.43. The van der Waals surface area contributed by atoms with Crippen molar-refractivity contribution in [2.24, 2.45) is 17.3 Å². The largest absolute Gasteiger partial charge is 0.347 e. The fourth-order valence-corrected chi connectivity index (χ4v) is 3.15. The van der Waals surface area contributed by atoms with Gasteiger partial charge in [0.05, 0.1) is 12.5 Å². The van der Waals surface area contributed by atoms with Crippen LogP contribution >= 0.6 is 0 Å². The molecule has 5 nitrogen and oxygen atoms in total. The lowest BCUT2D eigenvalue weighted by Gasteiger charge is -2.03. The summed E-state index contributed by atoms with van der Waals surface area (Å²) in [4.78, 5) is 16.8. The lowest BCUT2D eigenvalue weighted by Crippen LogP contribution is -2.26. The fraction of sp³-hybridized carbons (Fsp3) is 0.421. The van der Waals surface area contributed by atoms with Crippen molar-refractivity contribution in [1.29, 1.82) is 0 Å². The minimum atomic E-state index is 0.00363. The Morgan fingerprint density at radius 2 is 2.00 bits per heavy atom. The van der Waals surface area contributed by atoms with Crippen LogP contribution in [0.3, 0.4) is 0 Å². The topological polar surface area (TPSA) is 68.0 Å². The van der Waals surface area contributed by atoms with Gasteiger partial charge in [-0.3, -0.25) is 4.79 Å². The van der Waals surface area contributed by atoms with Crippen LogP contribution in [0.25, 0.3) is 11.4 Å². The minimum Gasteiger partial charge on any atom is -0.347 e. The summed E-state index contributed by atoms with van der Waals surface area (Å²) in [6, 6.07) is 9.62. The van der Waals surface area contributed by atoms with Gasteiger partial charge in [0.15, 0.2) is 0 Å². The van der Waals surface area contributed by atoms with Crippen LogP contribution in [0.2, 0.25) is 0 Å². The van der Waals surface area contributed by atoms with E-state index < -0.39 is 0 Å². The zero-order chi connectivity index (χ0) is 17.3. The molecule has 2 atom stereocenters. The molecule has 5 heteroatoms. The lowest BCUT2D eigenvalue weighted by molar-refractivity contribution is -0.123. The van der Waals surface area contributed by atoms with Crippen LogP contribution in [0, 0.1) is 17.3 Å². The summed E-state index contributed by atoms with van der Waals surface area (Å²) < 4.78 is 5.23. The molecule has 0 saturated heterocycles. The average molecular weight is 325 g/mol. The number of nitrogens with one attached hydrogen (secondary N) is 1. The molecule has 24 heavy (non-hydrogen) atoms. The summed E-state index contributed by atoms with van der Waals surface area (Å²) in [5.41, 5.74) is 2.14. The highest BCUT2D eigenvalue weighted by Crippen LogP contribution is 2.59. The van der Waals surface area contributed by atoms with Crippen LogP contribution in [-0.4, -0.2) is 16.0 Å². The summed E-state index contributed by atoms with van der Waals surface area (Å²) in [6.07, 6.45) is 2.18. The highest BCUT2D eigenvalue weighted by atomic mass is 16.5. The molecule has 0 unspecified atom stereocenters. The Morgan fingerprint density at radius 3 is 2.67 bits per heavy atom. The number of aromatic nitrogens is 2. The van der Waals surface area contributed by atoms with E-state index in [9.17, 15) is 4.79 Å². The van der Waals surface area contributed by atoms with E-state index in [2.05, 4.69) is 49.2 Å². The van der Waals surface area contributed by atoms with E-state index in [1.165, 1.54) is 5.57 Å². The number of nitrogens with zero attached hydrogens (tertiary/aromatic N) is 2. The lowest BCUT2D eigenvalue weighted by atomic mass is 10.1. The van der Waals surface area contributed by atoms with E-state index in [-0.39, 0.29) is 23.8 Å². The second-order valence-electron chi connectivity index (χ2n) is 7.16. The smallest absolute Gasteiger partial charge is 0.246 e. The Balaban J connectivity index is 1.60. The van der Waals surface area contributed by atoms with E-state index >= 15 is 0 Å². The molecule has 0 bridgehead atoms. The number of amides is 1. The Bertz CT molecular complexity index is 758. The Morgan fingerprint density at radius 1 is 1.29 bits per heavy atom. The van der Waals surface area contributed by atoms with Gasteiger partial charge >= 0.3 is 0 Å². The van der Waals surface area contributed by atoms with Crippen molar-refractivity contribution in [3.05, 3.63) is 47.9 Å². The minimum absolute atomic E-state index is 0.00363. The number of rotatable bonds is 5. The van der Waals surface area contributed by atoms with Gasteiger partial charge in [0.2, 0.25) is 17.6 Å². The normalized spacial score (nSPS) is 21.2. The van der Waals surface area contributed by atoms with Gasteiger partial charge in [0.25, 0.3) is 0 Å². The van der Waals surface area contributed by atoms with Crippen LogP contribution in [0.5, 0.6) is 0 Å². The maximum atomic E-state index is 12.4. The molecule has 1 fully saturated rings. The summed E-state index contributed by atoms with van der Waals surface area (Å²) in [7, 11) is 0. The van der Waals surface area contributed by atoms with E-state index in [0.29, 0.717) is 17.6 Å².